The fourth-order valence-electron chi connectivity index (χ4n) is 0.924. The van der Waals surface area contributed by atoms with Crippen LogP contribution in [0.15, 0.2) is 30.3 Å². The lowest BCUT2D eigenvalue weighted by Crippen LogP contribution is -2.11. The quantitative estimate of drug-likeness (QED) is 0.357. The molecule has 0 aliphatic heterocycles. The van der Waals surface area contributed by atoms with Gasteiger partial charge in [0.15, 0.2) is 0 Å². The highest BCUT2D eigenvalue weighted by atomic mass is 31.1. The van der Waals surface area contributed by atoms with Crippen LogP contribution in [0, 0.1) is 10.1 Å². The summed E-state index contributed by atoms with van der Waals surface area (Å²) in [7, 11) is -2.99. The Morgan fingerprint density at radius 3 is 2.43 bits per heavy atom. The summed E-state index contributed by atoms with van der Waals surface area (Å²) in [5, 5.41) is 10.5. The molecule has 0 spiro atoms. The van der Waals surface area contributed by atoms with Gasteiger partial charge in [0.05, 0.1) is 10.5 Å². The van der Waals surface area contributed by atoms with Gasteiger partial charge in [-0.05, 0) is 16.7 Å². The van der Waals surface area contributed by atoms with Gasteiger partial charge >= 0.3 is 14.5 Å². The van der Waals surface area contributed by atoms with Crippen molar-refractivity contribution in [3.8, 4) is 0 Å². The Balaban J connectivity index is 2.89. The molecule has 0 saturated heterocycles. The Bertz CT molecular complexity index is 341. The lowest BCUT2D eigenvalue weighted by atomic mass is 10.2. The molecular weight excluding hydrogens is 209 g/mol. The molecule has 2 unspecified atom stereocenters. The van der Waals surface area contributed by atoms with Crippen molar-refractivity contribution in [1.29, 1.82) is 0 Å². The number of nitro groups is 1. The molecule has 0 bridgehead atoms. The minimum absolute atomic E-state index is 0.231. The molecule has 2 atom stereocenters. The molecule has 0 saturated carbocycles. The van der Waals surface area contributed by atoms with E-state index >= 15 is 0 Å². The number of hydrogen-bond acceptors (Lipinski definition) is 4. The predicted octanol–water partition coefficient (Wildman–Crippen LogP) is 1.63. The van der Waals surface area contributed by atoms with Crippen molar-refractivity contribution in [2.75, 3.05) is 0 Å². The van der Waals surface area contributed by atoms with Gasteiger partial charge in [-0.1, -0.05) is 18.2 Å². The van der Waals surface area contributed by atoms with Crippen LogP contribution >= 0.6 is 8.25 Å². The van der Waals surface area contributed by atoms with Crippen molar-refractivity contribution in [3.05, 3.63) is 46.0 Å². The average molecular weight is 216 g/mol. The molecule has 0 fully saturated rings. The summed E-state index contributed by atoms with van der Waals surface area (Å²) in [4.78, 5) is 18.1. The third kappa shape index (κ3) is 2.85. The summed E-state index contributed by atoms with van der Waals surface area (Å²) >= 11 is 0. The van der Waals surface area contributed by atoms with Crippen LogP contribution in [0.5, 0.6) is 0 Å². The molecule has 0 heterocycles. The molecule has 0 radical (unpaired) electrons. The van der Waals surface area contributed by atoms with E-state index in [0.29, 0.717) is 0 Å². The minimum atomic E-state index is -2.99. The van der Waals surface area contributed by atoms with Gasteiger partial charge < -0.3 is 0 Å². The van der Waals surface area contributed by atoms with Crippen LogP contribution < -0.4 is 0 Å². The van der Waals surface area contributed by atoms with E-state index in [1.54, 1.807) is 18.2 Å². The van der Waals surface area contributed by atoms with Crippen molar-refractivity contribution in [1.82, 2.24) is 0 Å². The van der Waals surface area contributed by atoms with Gasteiger partial charge in [-0.2, -0.15) is 0 Å². The minimum Gasteiger partial charge on any atom is -0.261 e. The van der Waals surface area contributed by atoms with Crippen LogP contribution in [0.2, 0.25) is 0 Å². The van der Waals surface area contributed by atoms with Gasteiger partial charge in [-0.15, -0.1) is 4.89 Å². The predicted molar refractivity (Wildman–Crippen MR) is 47.1 cm³/mol. The molecule has 0 aromatic heterocycles. The summed E-state index contributed by atoms with van der Waals surface area (Å²) in [5.74, 6) is 0. The van der Waals surface area contributed by atoms with Crippen LogP contribution in [0.25, 0.3) is 0 Å². The third-order valence-electron chi connectivity index (χ3n) is 1.47. The molecule has 6 nitrogen and oxygen atoms in total. The van der Waals surface area contributed by atoms with Crippen molar-refractivity contribution in [2.24, 2.45) is 0 Å². The maximum Gasteiger partial charge on any atom is 0.701 e. The van der Waals surface area contributed by atoms with Crippen molar-refractivity contribution >= 4 is 8.25 Å². The molecule has 0 amide bonds. The van der Waals surface area contributed by atoms with Gasteiger partial charge in [0.1, 0.15) is 0 Å². The fourth-order valence-corrected chi connectivity index (χ4v) is 1.29. The first-order valence-corrected chi connectivity index (χ1v) is 4.75. The number of rotatable bonds is 4. The van der Waals surface area contributed by atoms with E-state index in [2.05, 4.69) is 4.52 Å². The lowest BCUT2D eigenvalue weighted by molar-refractivity contribution is -0.571. The van der Waals surface area contributed by atoms with Crippen LogP contribution in [-0.4, -0.2) is 9.82 Å². The first kappa shape index (κ1) is 10.7. The average Bonchev–Trinajstić information content (AvgIpc) is 2.15. The van der Waals surface area contributed by atoms with Crippen LogP contribution in [0.3, 0.4) is 0 Å². The van der Waals surface area contributed by atoms with Gasteiger partial charge in [0, 0.05) is 4.57 Å². The highest BCUT2D eigenvalue weighted by Gasteiger charge is 2.34. The summed E-state index contributed by atoms with van der Waals surface area (Å²) in [6.07, 6.45) is -1.59. The van der Waals surface area contributed by atoms with Crippen molar-refractivity contribution in [3.63, 3.8) is 0 Å². The van der Waals surface area contributed by atoms with Gasteiger partial charge in [0.25, 0.3) is 0 Å². The largest absolute Gasteiger partial charge is 0.701 e. The Kier molecular flexibility index (Phi) is 3.64. The summed E-state index contributed by atoms with van der Waals surface area (Å²) in [6, 6.07) is 7.75. The molecule has 7 heteroatoms. The standard InChI is InChI=1S/C7H6NO5P/c9-8(10)7(13-14(11)12)6-4-2-1-3-5-6/h1-5,7H/p+1. The first-order valence-electron chi connectivity index (χ1n) is 3.62. The summed E-state index contributed by atoms with van der Waals surface area (Å²) in [6.45, 7) is 0. The molecule has 14 heavy (non-hydrogen) atoms. The zero-order valence-electron chi connectivity index (χ0n) is 6.94. The molecular formula is C7H7NO5P+. The van der Waals surface area contributed by atoms with E-state index in [1.807, 2.05) is 0 Å². The fraction of sp³-hybridized carbons (Fsp3) is 0.143. The topological polar surface area (TPSA) is 89.7 Å². The first-order chi connectivity index (χ1) is 6.61. The lowest BCUT2D eigenvalue weighted by Gasteiger charge is -2.01. The molecule has 1 aromatic carbocycles. The molecule has 0 aliphatic carbocycles. The maximum atomic E-state index is 10.5. The second kappa shape index (κ2) is 4.76. The molecule has 1 rings (SSSR count). The number of benzene rings is 1. The Labute approximate surface area is 80.2 Å². The number of nitrogens with zero attached hydrogens (tertiary/aromatic N) is 1. The molecule has 74 valence electrons. The highest BCUT2D eigenvalue weighted by molar-refractivity contribution is 7.32. The monoisotopic (exact) mass is 216 g/mol. The second-order valence-electron chi connectivity index (χ2n) is 2.39. The highest BCUT2D eigenvalue weighted by Crippen LogP contribution is 2.28. The normalized spacial score (nSPS) is 13.4. The number of hydrogen-bond donors (Lipinski definition) is 1. The van der Waals surface area contributed by atoms with Gasteiger partial charge in [-0.3, -0.25) is 10.1 Å². The van der Waals surface area contributed by atoms with E-state index in [0.717, 1.165) is 0 Å². The SMILES string of the molecule is O=[N+]([O-])C(O[P+](=O)O)c1ccccc1. The van der Waals surface area contributed by atoms with Crippen molar-refractivity contribution in [2.45, 2.75) is 6.23 Å². The van der Waals surface area contributed by atoms with Crippen molar-refractivity contribution < 1.29 is 18.9 Å². The Morgan fingerprint density at radius 2 is 2.00 bits per heavy atom. The Hall–Kier alpha value is -1.36. The zero-order valence-corrected chi connectivity index (χ0v) is 7.83. The van der Waals surface area contributed by atoms with E-state index in [-0.39, 0.29) is 5.56 Å². The van der Waals surface area contributed by atoms with Crippen LogP contribution in [0.4, 0.5) is 0 Å². The summed E-state index contributed by atoms with van der Waals surface area (Å²) < 4.78 is 14.6. The summed E-state index contributed by atoms with van der Waals surface area (Å²) in [5.41, 5.74) is 0.231. The molecule has 1 aromatic rings. The van der Waals surface area contributed by atoms with Crippen LogP contribution in [-0.2, 0) is 9.09 Å². The van der Waals surface area contributed by atoms with Gasteiger partial charge in [-0.25, -0.2) is 0 Å². The van der Waals surface area contributed by atoms with E-state index in [9.17, 15) is 14.7 Å². The zero-order chi connectivity index (χ0) is 10.6. The molecule has 1 N–H and O–H groups in total. The smallest absolute Gasteiger partial charge is 0.261 e. The maximum absolute atomic E-state index is 10.5. The van der Waals surface area contributed by atoms with E-state index in [1.165, 1.54) is 12.1 Å². The molecule has 0 aliphatic rings. The van der Waals surface area contributed by atoms with E-state index < -0.39 is 19.4 Å². The van der Waals surface area contributed by atoms with Gasteiger partial charge in [0.2, 0.25) is 0 Å². The van der Waals surface area contributed by atoms with Crippen LogP contribution in [0.1, 0.15) is 11.8 Å². The Morgan fingerprint density at radius 1 is 1.43 bits per heavy atom. The van der Waals surface area contributed by atoms with E-state index in [4.69, 9.17) is 4.89 Å². The third-order valence-corrected chi connectivity index (χ3v) is 1.85. The second-order valence-corrected chi connectivity index (χ2v) is 3.08.